The van der Waals surface area contributed by atoms with Crippen molar-refractivity contribution in [3.63, 3.8) is 0 Å². The highest BCUT2D eigenvalue weighted by atomic mass is 127. The summed E-state index contributed by atoms with van der Waals surface area (Å²) in [5, 5.41) is 14.0. The Morgan fingerprint density at radius 1 is 1.28 bits per heavy atom. The van der Waals surface area contributed by atoms with E-state index in [0.717, 1.165) is 2.88 Å². The Hall–Kier alpha value is -0.500. The van der Waals surface area contributed by atoms with Crippen LogP contribution in [0.1, 0.15) is 10.4 Å². The molecule has 2 aromatic rings. The van der Waals surface area contributed by atoms with Gasteiger partial charge in [-0.25, -0.2) is 0 Å². The SMILES string of the molecule is O=C(Nc1cc(Cl)c(O)c(Cl)c1)c1csc(I)c1. The number of hydrogen-bond donors (Lipinski definition) is 2. The van der Waals surface area contributed by atoms with E-state index >= 15 is 0 Å². The van der Waals surface area contributed by atoms with Crippen LogP contribution in [0.5, 0.6) is 5.75 Å². The van der Waals surface area contributed by atoms with E-state index in [1.165, 1.54) is 23.5 Å². The maximum absolute atomic E-state index is 11.9. The molecule has 0 bridgehead atoms. The molecular formula is C11H6Cl2INO2S. The lowest BCUT2D eigenvalue weighted by Crippen LogP contribution is -2.10. The summed E-state index contributed by atoms with van der Waals surface area (Å²) in [5.41, 5.74) is 1.01. The molecule has 0 saturated carbocycles. The third kappa shape index (κ3) is 3.09. The second kappa shape index (κ2) is 5.64. The second-order valence-electron chi connectivity index (χ2n) is 3.38. The van der Waals surface area contributed by atoms with Gasteiger partial charge in [-0.05, 0) is 40.8 Å². The highest BCUT2D eigenvalue weighted by molar-refractivity contribution is 14.1. The van der Waals surface area contributed by atoms with Gasteiger partial charge in [-0.2, -0.15) is 0 Å². The van der Waals surface area contributed by atoms with Gasteiger partial charge in [0.25, 0.3) is 5.91 Å². The highest BCUT2D eigenvalue weighted by Crippen LogP contribution is 2.34. The minimum Gasteiger partial charge on any atom is -0.505 e. The lowest BCUT2D eigenvalue weighted by atomic mass is 10.2. The van der Waals surface area contributed by atoms with Crippen LogP contribution in [-0.2, 0) is 0 Å². The molecule has 1 amide bonds. The molecule has 18 heavy (non-hydrogen) atoms. The molecule has 7 heteroatoms. The standard InChI is InChI=1S/C11H6Cl2INO2S/c12-7-2-6(3-8(13)10(7)16)15-11(17)5-1-9(14)18-4-5/h1-4,16H,(H,15,17). The van der Waals surface area contributed by atoms with Crippen LogP contribution in [0.3, 0.4) is 0 Å². The minimum atomic E-state index is -0.244. The van der Waals surface area contributed by atoms with E-state index in [0.29, 0.717) is 11.3 Å². The van der Waals surface area contributed by atoms with Gasteiger partial charge in [-0.1, -0.05) is 23.2 Å². The zero-order valence-corrected chi connectivity index (χ0v) is 13.2. The van der Waals surface area contributed by atoms with E-state index < -0.39 is 0 Å². The fourth-order valence-electron chi connectivity index (χ4n) is 1.27. The van der Waals surface area contributed by atoms with Crippen LogP contribution in [0.2, 0.25) is 10.0 Å². The molecule has 94 valence electrons. The van der Waals surface area contributed by atoms with Crippen LogP contribution in [0.25, 0.3) is 0 Å². The zero-order chi connectivity index (χ0) is 13.3. The predicted molar refractivity (Wildman–Crippen MR) is 83.1 cm³/mol. The Bertz CT molecular complexity index is 592. The number of phenolic OH excluding ortho intramolecular Hbond substituents is 1. The van der Waals surface area contributed by atoms with Gasteiger partial charge in [0, 0.05) is 11.1 Å². The zero-order valence-electron chi connectivity index (χ0n) is 8.71. The summed E-state index contributed by atoms with van der Waals surface area (Å²) in [4.78, 5) is 11.9. The second-order valence-corrected chi connectivity index (χ2v) is 7.00. The number of thiophene rings is 1. The minimum absolute atomic E-state index is 0.0951. The largest absolute Gasteiger partial charge is 0.505 e. The first-order valence-electron chi connectivity index (χ1n) is 4.71. The number of phenols is 1. The average molecular weight is 414 g/mol. The van der Waals surface area contributed by atoms with E-state index in [4.69, 9.17) is 23.2 Å². The van der Waals surface area contributed by atoms with Crippen molar-refractivity contribution in [2.45, 2.75) is 0 Å². The van der Waals surface area contributed by atoms with Crippen molar-refractivity contribution in [1.29, 1.82) is 0 Å². The number of hydrogen-bond acceptors (Lipinski definition) is 3. The van der Waals surface area contributed by atoms with Crippen LogP contribution in [0.4, 0.5) is 5.69 Å². The number of carbonyl (C=O) groups excluding carboxylic acids is 1. The Morgan fingerprint density at radius 2 is 1.89 bits per heavy atom. The van der Waals surface area contributed by atoms with E-state index in [9.17, 15) is 9.90 Å². The molecule has 0 spiro atoms. The Kier molecular flexibility index (Phi) is 4.37. The summed E-state index contributed by atoms with van der Waals surface area (Å²) in [6, 6.07) is 4.67. The van der Waals surface area contributed by atoms with Crippen molar-refractivity contribution in [2.24, 2.45) is 0 Å². The van der Waals surface area contributed by atoms with Crippen molar-refractivity contribution in [3.05, 3.63) is 42.1 Å². The number of anilines is 1. The molecule has 1 heterocycles. The molecule has 0 fully saturated rings. The van der Waals surface area contributed by atoms with Crippen molar-refractivity contribution in [3.8, 4) is 5.75 Å². The van der Waals surface area contributed by atoms with E-state index in [2.05, 4.69) is 27.9 Å². The molecule has 0 unspecified atom stereocenters. The number of aromatic hydroxyl groups is 1. The lowest BCUT2D eigenvalue weighted by Gasteiger charge is -2.06. The monoisotopic (exact) mass is 413 g/mol. The third-order valence-corrected chi connectivity index (χ3v) is 4.47. The molecular weight excluding hydrogens is 408 g/mol. The fraction of sp³-hybridized carbons (Fsp3) is 0. The number of rotatable bonds is 2. The molecule has 0 saturated heterocycles. The van der Waals surface area contributed by atoms with Gasteiger partial charge >= 0.3 is 0 Å². The maximum Gasteiger partial charge on any atom is 0.256 e. The summed E-state index contributed by atoms with van der Waals surface area (Å²) in [6.45, 7) is 0. The van der Waals surface area contributed by atoms with Gasteiger partial charge in [0.15, 0.2) is 5.75 Å². The molecule has 0 aliphatic carbocycles. The first kappa shape index (κ1) is 13.9. The van der Waals surface area contributed by atoms with Crippen LogP contribution >= 0.6 is 57.1 Å². The molecule has 3 nitrogen and oxygen atoms in total. The molecule has 0 aliphatic heterocycles. The number of halogens is 3. The van der Waals surface area contributed by atoms with Crippen molar-refractivity contribution in [1.82, 2.24) is 0 Å². The summed E-state index contributed by atoms with van der Waals surface area (Å²) in [7, 11) is 0. The average Bonchev–Trinajstić information content (AvgIpc) is 2.72. The molecule has 0 atom stereocenters. The van der Waals surface area contributed by atoms with E-state index in [1.807, 2.05) is 0 Å². The summed E-state index contributed by atoms with van der Waals surface area (Å²) in [5.74, 6) is -0.437. The number of amides is 1. The normalized spacial score (nSPS) is 10.4. The van der Waals surface area contributed by atoms with Gasteiger partial charge in [0.05, 0.1) is 18.5 Å². The Morgan fingerprint density at radius 3 is 2.39 bits per heavy atom. The van der Waals surface area contributed by atoms with Crippen LogP contribution < -0.4 is 5.32 Å². The molecule has 2 rings (SSSR count). The Labute approximate surface area is 131 Å². The number of carbonyl (C=O) groups is 1. The van der Waals surface area contributed by atoms with Crippen LogP contribution in [0, 0.1) is 2.88 Å². The molecule has 0 aliphatic rings. The number of benzene rings is 1. The van der Waals surface area contributed by atoms with Gasteiger partial charge < -0.3 is 10.4 Å². The molecule has 2 N–H and O–H groups in total. The first-order chi connectivity index (χ1) is 8.47. The van der Waals surface area contributed by atoms with Gasteiger partial charge in [0.2, 0.25) is 0 Å². The van der Waals surface area contributed by atoms with Crippen LogP contribution in [0.15, 0.2) is 23.6 Å². The number of nitrogens with one attached hydrogen (secondary N) is 1. The summed E-state index contributed by atoms with van der Waals surface area (Å²) < 4.78 is 1.03. The highest BCUT2D eigenvalue weighted by Gasteiger charge is 2.11. The van der Waals surface area contributed by atoms with Crippen molar-refractivity contribution < 1.29 is 9.90 Å². The van der Waals surface area contributed by atoms with Gasteiger partial charge in [0.1, 0.15) is 0 Å². The van der Waals surface area contributed by atoms with Crippen LogP contribution in [-0.4, -0.2) is 11.0 Å². The fourth-order valence-corrected chi connectivity index (χ4v) is 3.08. The molecule has 1 aromatic heterocycles. The predicted octanol–water partition coefficient (Wildman–Crippen LogP) is 4.62. The maximum atomic E-state index is 11.9. The molecule has 0 radical (unpaired) electrons. The van der Waals surface area contributed by atoms with Gasteiger partial charge in [-0.3, -0.25) is 4.79 Å². The lowest BCUT2D eigenvalue weighted by molar-refractivity contribution is 0.102. The summed E-state index contributed by atoms with van der Waals surface area (Å²) in [6.07, 6.45) is 0. The quantitative estimate of drug-likeness (QED) is 0.557. The summed E-state index contributed by atoms with van der Waals surface area (Å²) >= 11 is 15.2. The third-order valence-electron chi connectivity index (χ3n) is 2.10. The van der Waals surface area contributed by atoms with Crippen molar-refractivity contribution >= 4 is 68.7 Å². The van der Waals surface area contributed by atoms with E-state index in [1.54, 1.807) is 11.4 Å². The smallest absolute Gasteiger partial charge is 0.256 e. The topological polar surface area (TPSA) is 49.3 Å². The van der Waals surface area contributed by atoms with E-state index in [-0.39, 0.29) is 21.7 Å². The Balaban J connectivity index is 2.22. The molecule has 1 aromatic carbocycles. The van der Waals surface area contributed by atoms with Gasteiger partial charge in [-0.15, -0.1) is 11.3 Å². The van der Waals surface area contributed by atoms with Crippen molar-refractivity contribution in [2.75, 3.05) is 5.32 Å². The first-order valence-corrected chi connectivity index (χ1v) is 7.42.